The molecule has 0 aliphatic rings. The van der Waals surface area contributed by atoms with Gasteiger partial charge >= 0.3 is 0 Å². The Morgan fingerprint density at radius 3 is 2.52 bits per heavy atom. The lowest BCUT2D eigenvalue weighted by atomic mass is 10.2. The fraction of sp³-hybridized carbons (Fsp3) is 0.267. The number of carbonyl (C=O) groups is 1. The van der Waals surface area contributed by atoms with Gasteiger partial charge in [-0.25, -0.2) is 0 Å². The molecule has 0 saturated carbocycles. The van der Waals surface area contributed by atoms with E-state index in [9.17, 15) is 4.79 Å². The molecule has 1 aromatic carbocycles. The van der Waals surface area contributed by atoms with Crippen molar-refractivity contribution in [2.24, 2.45) is 0 Å². The lowest BCUT2D eigenvalue weighted by Crippen LogP contribution is -2.11. The maximum Gasteiger partial charge on any atom is 0.256 e. The largest absolute Gasteiger partial charge is 0.490 e. The van der Waals surface area contributed by atoms with Crippen molar-refractivity contribution in [1.29, 1.82) is 0 Å². The number of amides is 1. The first-order chi connectivity index (χ1) is 10.1. The Labute approximate surface area is 136 Å². The van der Waals surface area contributed by atoms with Gasteiger partial charge < -0.3 is 14.8 Å². The van der Waals surface area contributed by atoms with Gasteiger partial charge in [-0.2, -0.15) is 0 Å². The molecule has 0 aliphatic carbocycles. The first-order valence-corrected chi connectivity index (χ1v) is 8.26. The summed E-state index contributed by atoms with van der Waals surface area (Å²) in [7, 11) is 0. The van der Waals surface area contributed by atoms with Crippen molar-refractivity contribution >= 4 is 38.9 Å². The topological polar surface area (TPSA) is 47.6 Å². The van der Waals surface area contributed by atoms with E-state index in [2.05, 4.69) is 21.2 Å². The SMILES string of the molecule is CCOc1ccc(NC(=O)c2csc(Br)c2)cc1OCC. The molecule has 2 aromatic rings. The van der Waals surface area contributed by atoms with Gasteiger partial charge in [0, 0.05) is 17.1 Å². The Morgan fingerprint density at radius 2 is 1.90 bits per heavy atom. The molecule has 0 spiro atoms. The van der Waals surface area contributed by atoms with Crippen molar-refractivity contribution in [3.63, 3.8) is 0 Å². The van der Waals surface area contributed by atoms with Crippen molar-refractivity contribution in [2.75, 3.05) is 18.5 Å². The van der Waals surface area contributed by atoms with Gasteiger partial charge in [-0.3, -0.25) is 4.79 Å². The van der Waals surface area contributed by atoms with E-state index in [4.69, 9.17) is 9.47 Å². The molecule has 0 saturated heterocycles. The normalized spacial score (nSPS) is 10.2. The predicted molar refractivity (Wildman–Crippen MR) is 88.8 cm³/mol. The van der Waals surface area contributed by atoms with Gasteiger partial charge in [-0.15, -0.1) is 11.3 Å². The van der Waals surface area contributed by atoms with Crippen LogP contribution >= 0.6 is 27.3 Å². The molecule has 0 bridgehead atoms. The number of hydrogen-bond donors (Lipinski definition) is 1. The van der Waals surface area contributed by atoms with Crippen molar-refractivity contribution in [3.05, 3.63) is 39.0 Å². The van der Waals surface area contributed by atoms with Crippen LogP contribution in [-0.4, -0.2) is 19.1 Å². The van der Waals surface area contributed by atoms with Gasteiger partial charge in [0.1, 0.15) is 0 Å². The van der Waals surface area contributed by atoms with Crippen molar-refractivity contribution in [3.8, 4) is 11.5 Å². The van der Waals surface area contributed by atoms with Gasteiger partial charge in [0.05, 0.1) is 22.6 Å². The molecule has 1 N–H and O–H groups in total. The van der Waals surface area contributed by atoms with Gasteiger partial charge in [-0.05, 0) is 48.0 Å². The molecule has 6 heteroatoms. The number of hydrogen-bond acceptors (Lipinski definition) is 4. The number of rotatable bonds is 6. The van der Waals surface area contributed by atoms with Crippen LogP contribution in [0.15, 0.2) is 33.4 Å². The highest BCUT2D eigenvalue weighted by atomic mass is 79.9. The second kappa shape index (κ2) is 7.47. The summed E-state index contributed by atoms with van der Waals surface area (Å²) in [5.41, 5.74) is 1.30. The minimum atomic E-state index is -0.149. The van der Waals surface area contributed by atoms with E-state index in [1.54, 1.807) is 29.6 Å². The maximum absolute atomic E-state index is 12.1. The number of ether oxygens (including phenoxy) is 2. The zero-order valence-electron chi connectivity index (χ0n) is 11.8. The number of anilines is 1. The maximum atomic E-state index is 12.1. The lowest BCUT2D eigenvalue weighted by Gasteiger charge is -2.12. The molecular formula is C15H16BrNO3S. The summed E-state index contributed by atoms with van der Waals surface area (Å²) >= 11 is 4.82. The minimum Gasteiger partial charge on any atom is -0.490 e. The summed E-state index contributed by atoms with van der Waals surface area (Å²) in [6.45, 7) is 4.92. The van der Waals surface area contributed by atoms with Crippen LogP contribution in [0.3, 0.4) is 0 Å². The van der Waals surface area contributed by atoms with Crippen LogP contribution < -0.4 is 14.8 Å². The van der Waals surface area contributed by atoms with E-state index in [1.807, 2.05) is 13.8 Å². The highest BCUT2D eigenvalue weighted by Crippen LogP contribution is 2.31. The Bertz CT molecular complexity index is 627. The zero-order chi connectivity index (χ0) is 15.2. The molecule has 2 rings (SSSR count). The van der Waals surface area contributed by atoms with E-state index < -0.39 is 0 Å². The highest BCUT2D eigenvalue weighted by molar-refractivity contribution is 9.11. The van der Waals surface area contributed by atoms with Crippen LogP contribution in [0, 0.1) is 0 Å². The van der Waals surface area contributed by atoms with E-state index >= 15 is 0 Å². The van der Waals surface area contributed by atoms with Crippen LogP contribution in [-0.2, 0) is 0 Å². The number of benzene rings is 1. The third-order valence-corrected chi connectivity index (χ3v) is 4.14. The Kier molecular flexibility index (Phi) is 5.64. The summed E-state index contributed by atoms with van der Waals surface area (Å²) in [4.78, 5) is 12.1. The second-order valence-corrected chi connectivity index (χ2v) is 6.41. The summed E-state index contributed by atoms with van der Waals surface area (Å²) in [6, 6.07) is 7.16. The first-order valence-electron chi connectivity index (χ1n) is 6.59. The van der Waals surface area contributed by atoms with E-state index in [-0.39, 0.29) is 5.91 Å². The van der Waals surface area contributed by atoms with E-state index in [1.165, 1.54) is 11.3 Å². The predicted octanol–water partition coefficient (Wildman–Crippen LogP) is 4.56. The molecule has 1 amide bonds. The summed E-state index contributed by atoms with van der Waals surface area (Å²) in [6.07, 6.45) is 0. The number of carbonyl (C=O) groups excluding carboxylic acids is 1. The number of halogens is 1. The molecule has 0 atom stereocenters. The van der Waals surface area contributed by atoms with Crippen molar-refractivity contribution in [1.82, 2.24) is 0 Å². The average Bonchev–Trinajstić information content (AvgIpc) is 2.89. The van der Waals surface area contributed by atoms with Crippen LogP contribution in [0.4, 0.5) is 5.69 Å². The molecule has 0 aliphatic heterocycles. The van der Waals surface area contributed by atoms with Gasteiger partial charge in [-0.1, -0.05) is 0 Å². The zero-order valence-corrected chi connectivity index (χ0v) is 14.2. The average molecular weight is 370 g/mol. The third kappa shape index (κ3) is 4.22. The van der Waals surface area contributed by atoms with Gasteiger partial charge in [0.2, 0.25) is 0 Å². The minimum absolute atomic E-state index is 0.149. The molecule has 0 unspecified atom stereocenters. The Morgan fingerprint density at radius 1 is 1.19 bits per heavy atom. The number of thiophene rings is 1. The smallest absolute Gasteiger partial charge is 0.256 e. The molecule has 112 valence electrons. The third-order valence-electron chi connectivity index (χ3n) is 2.63. The van der Waals surface area contributed by atoms with E-state index in [0.717, 1.165) is 3.79 Å². The van der Waals surface area contributed by atoms with Crippen LogP contribution in [0.2, 0.25) is 0 Å². The molecule has 1 heterocycles. The van der Waals surface area contributed by atoms with E-state index in [0.29, 0.717) is 36.0 Å². The summed E-state index contributed by atoms with van der Waals surface area (Å²) < 4.78 is 12.0. The summed E-state index contributed by atoms with van der Waals surface area (Å²) in [5, 5.41) is 4.65. The van der Waals surface area contributed by atoms with Gasteiger partial charge in [0.15, 0.2) is 11.5 Å². The molecule has 21 heavy (non-hydrogen) atoms. The molecule has 4 nitrogen and oxygen atoms in total. The molecule has 0 fully saturated rings. The first kappa shape index (κ1) is 15.9. The van der Waals surface area contributed by atoms with Crippen LogP contribution in [0.25, 0.3) is 0 Å². The highest BCUT2D eigenvalue weighted by Gasteiger charge is 2.11. The van der Waals surface area contributed by atoms with Crippen LogP contribution in [0.5, 0.6) is 11.5 Å². The quantitative estimate of drug-likeness (QED) is 0.811. The second-order valence-electron chi connectivity index (χ2n) is 4.12. The molecular weight excluding hydrogens is 354 g/mol. The Balaban J connectivity index is 2.16. The monoisotopic (exact) mass is 369 g/mol. The van der Waals surface area contributed by atoms with Crippen molar-refractivity contribution in [2.45, 2.75) is 13.8 Å². The Hall–Kier alpha value is -1.53. The number of nitrogens with one attached hydrogen (secondary N) is 1. The fourth-order valence-electron chi connectivity index (χ4n) is 1.76. The standard InChI is InChI=1S/C15H16BrNO3S/c1-3-19-12-6-5-11(8-13(12)20-4-2)17-15(18)10-7-14(16)21-9-10/h5-9H,3-4H2,1-2H3,(H,17,18). The molecule has 1 aromatic heterocycles. The van der Waals surface area contributed by atoms with Gasteiger partial charge in [0.25, 0.3) is 5.91 Å². The van der Waals surface area contributed by atoms with Crippen molar-refractivity contribution < 1.29 is 14.3 Å². The fourth-order valence-corrected chi connectivity index (χ4v) is 2.90. The molecule has 0 radical (unpaired) electrons. The summed E-state index contributed by atoms with van der Waals surface area (Å²) in [5.74, 6) is 1.16. The van der Waals surface area contributed by atoms with Crippen LogP contribution in [0.1, 0.15) is 24.2 Å². The lowest BCUT2D eigenvalue weighted by molar-refractivity contribution is 0.102.